The van der Waals surface area contributed by atoms with E-state index in [9.17, 15) is 0 Å². The number of anilines is 1. The van der Waals surface area contributed by atoms with Crippen molar-refractivity contribution >= 4 is 29.2 Å². The van der Waals surface area contributed by atoms with E-state index in [-0.39, 0.29) is 10.8 Å². The molecule has 0 fully saturated rings. The van der Waals surface area contributed by atoms with Gasteiger partial charge >= 0.3 is 0 Å². The molecule has 0 saturated carbocycles. The standard InChI is InChI=1S/C23H32NS/c1-22(2,3)20-15-18(16-21(25-20)23(4,5)6)10-9-17-11-13-19(14-12-17)24(7)8/h9-16H,1-8H3/q+1/b10-9+. The quantitative estimate of drug-likeness (QED) is 0.544. The van der Waals surface area contributed by atoms with E-state index in [0.717, 1.165) is 0 Å². The summed E-state index contributed by atoms with van der Waals surface area (Å²) in [5, 5.41) is 0. The Kier molecular flexibility index (Phi) is 5.73. The predicted octanol–water partition coefficient (Wildman–Crippen LogP) is 6.86. The van der Waals surface area contributed by atoms with Gasteiger partial charge in [-0.15, -0.1) is 0 Å². The van der Waals surface area contributed by atoms with Crippen molar-refractivity contribution in [2.75, 3.05) is 19.0 Å². The van der Waals surface area contributed by atoms with Gasteiger partial charge in [0, 0.05) is 42.7 Å². The van der Waals surface area contributed by atoms with Crippen LogP contribution in [0.1, 0.15) is 62.4 Å². The molecule has 134 valence electrons. The first kappa shape index (κ1) is 19.7. The summed E-state index contributed by atoms with van der Waals surface area (Å²) in [4.78, 5) is 4.99. The van der Waals surface area contributed by atoms with E-state index >= 15 is 0 Å². The lowest BCUT2D eigenvalue weighted by Gasteiger charge is -2.15. The third-order valence-electron chi connectivity index (χ3n) is 4.17. The minimum atomic E-state index is 0.169. The molecule has 0 saturated heterocycles. The van der Waals surface area contributed by atoms with Gasteiger partial charge in [-0.1, -0.05) is 65.8 Å². The molecule has 1 heterocycles. The fraction of sp³-hybridized carbons (Fsp3) is 0.435. The Balaban J connectivity index is 2.37. The van der Waals surface area contributed by atoms with Crippen LogP contribution < -0.4 is 4.90 Å². The van der Waals surface area contributed by atoms with Crippen LogP contribution >= 0.6 is 11.3 Å². The molecule has 0 aliphatic carbocycles. The molecule has 2 heteroatoms. The Morgan fingerprint density at radius 1 is 0.720 bits per heavy atom. The maximum Gasteiger partial charge on any atom is 0.219 e. The maximum absolute atomic E-state index is 2.34. The molecular weight excluding hydrogens is 322 g/mol. The molecule has 1 nitrogen and oxygen atoms in total. The van der Waals surface area contributed by atoms with Gasteiger partial charge < -0.3 is 4.90 Å². The Bertz CT molecular complexity index is 709. The zero-order valence-electron chi connectivity index (χ0n) is 17.0. The molecule has 0 atom stereocenters. The molecule has 1 aromatic heterocycles. The number of benzene rings is 1. The third-order valence-corrected chi connectivity index (χ3v) is 6.07. The smallest absolute Gasteiger partial charge is 0.219 e. The Morgan fingerprint density at radius 2 is 1.16 bits per heavy atom. The fourth-order valence-electron chi connectivity index (χ4n) is 2.43. The van der Waals surface area contributed by atoms with Gasteiger partial charge in [0.05, 0.1) is 0 Å². The van der Waals surface area contributed by atoms with Gasteiger partial charge in [-0.3, -0.25) is 0 Å². The normalized spacial score (nSPS) is 12.6. The highest BCUT2D eigenvalue weighted by Gasteiger charge is 2.31. The van der Waals surface area contributed by atoms with Crippen molar-refractivity contribution in [1.82, 2.24) is 0 Å². The van der Waals surface area contributed by atoms with E-state index in [1.807, 2.05) is 11.3 Å². The highest BCUT2D eigenvalue weighted by molar-refractivity contribution is 7.12. The zero-order valence-corrected chi connectivity index (χ0v) is 17.8. The molecule has 0 aliphatic rings. The molecule has 0 spiro atoms. The Morgan fingerprint density at radius 3 is 1.56 bits per heavy atom. The maximum atomic E-state index is 2.34. The zero-order chi connectivity index (χ0) is 18.8. The summed E-state index contributed by atoms with van der Waals surface area (Å²) in [6, 6.07) is 13.3. The second-order valence-electron chi connectivity index (χ2n) is 8.94. The van der Waals surface area contributed by atoms with Crippen LogP contribution in [0.2, 0.25) is 0 Å². The molecule has 1 aromatic carbocycles. The van der Waals surface area contributed by atoms with Crippen LogP contribution in [0.5, 0.6) is 0 Å². The van der Waals surface area contributed by atoms with Crippen LogP contribution in [-0.2, 0) is 10.8 Å². The van der Waals surface area contributed by atoms with E-state index in [4.69, 9.17) is 0 Å². The molecule has 25 heavy (non-hydrogen) atoms. The summed E-state index contributed by atoms with van der Waals surface area (Å²) in [5.41, 5.74) is 4.07. The number of hydrogen-bond donors (Lipinski definition) is 0. The summed E-state index contributed by atoms with van der Waals surface area (Å²) in [6.45, 7) is 13.7. The first-order chi connectivity index (χ1) is 11.5. The molecule has 0 N–H and O–H groups in total. The largest absolute Gasteiger partial charge is 0.378 e. The Hall–Kier alpha value is -1.67. The van der Waals surface area contributed by atoms with Crippen LogP contribution in [-0.4, -0.2) is 14.1 Å². The predicted molar refractivity (Wildman–Crippen MR) is 116 cm³/mol. The second kappa shape index (κ2) is 7.29. The molecule has 0 amide bonds. The summed E-state index contributed by atoms with van der Waals surface area (Å²) < 4.78 is 0. The average Bonchev–Trinajstić information content (AvgIpc) is 2.51. The minimum absolute atomic E-state index is 0.169. The van der Waals surface area contributed by atoms with Crippen molar-refractivity contribution in [2.24, 2.45) is 0 Å². The van der Waals surface area contributed by atoms with Gasteiger partial charge in [0.1, 0.15) is 0 Å². The number of nitrogens with zero attached hydrogens (tertiary/aromatic N) is 1. The summed E-state index contributed by atoms with van der Waals surface area (Å²) >= 11 is 1.94. The van der Waals surface area contributed by atoms with E-state index in [1.165, 1.54) is 26.6 Å². The van der Waals surface area contributed by atoms with Gasteiger partial charge in [-0.25, -0.2) is 0 Å². The van der Waals surface area contributed by atoms with Gasteiger partial charge in [0.15, 0.2) is 0 Å². The topological polar surface area (TPSA) is 3.24 Å². The van der Waals surface area contributed by atoms with Crippen molar-refractivity contribution in [3.8, 4) is 0 Å². The van der Waals surface area contributed by atoms with Crippen molar-refractivity contribution < 1.29 is 0 Å². The monoisotopic (exact) mass is 354 g/mol. The molecule has 2 aromatic rings. The fourth-order valence-corrected chi connectivity index (χ4v) is 3.67. The van der Waals surface area contributed by atoms with Crippen molar-refractivity contribution in [2.45, 2.75) is 52.4 Å². The number of rotatable bonds is 3. The molecule has 0 aliphatic heterocycles. The van der Waals surface area contributed by atoms with Crippen molar-refractivity contribution in [3.63, 3.8) is 0 Å². The van der Waals surface area contributed by atoms with Crippen LogP contribution in [0.15, 0.2) is 36.4 Å². The Labute approximate surface area is 158 Å². The lowest BCUT2D eigenvalue weighted by atomic mass is 9.91. The first-order valence-electron chi connectivity index (χ1n) is 8.91. The average molecular weight is 355 g/mol. The number of hydrogen-bond acceptors (Lipinski definition) is 1. The highest BCUT2D eigenvalue weighted by atomic mass is 32.1. The molecule has 2 rings (SSSR count). The van der Waals surface area contributed by atoms with Gasteiger partial charge in [0.25, 0.3) is 0 Å². The van der Waals surface area contributed by atoms with Crippen LogP contribution in [0.4, 0.5) is 5.69 Å². The third kappa shape index (κ3) is 5.40. The molecule has 0 radical (unpaired) electrons. The summed E-state index contributed by atoms with van der Waals surface area (Å²) in [7, 11) is 4.13. The van der Waals surface area contributed by atoms with Gasteiger partial charge in [-0.2, -0.15) is 0 Å². The van der Waals surface area contributed by atoms with Gasteiger partial charge in [0.2, 0.25) is 21.1 Å². The first-order valence-corrected chi connectivity index (χ1v) is 9.73. The summed E-state index contributed by atoms with van der Waals surface area (Å²) in [6.07, 6.45) is 4.44. The lowest BCUT2D eigenvalue weighted by Crippen LogP contribution is -2.14. The molecular formula is C23H32NS+. The van der Waals surface area contributed by atoms with Crippen LogP contribution in [0.25, 0.3) is 12.2 Å². The summed E-state index contributed by atoms with van der Waals surface area (Å²) in [5.74, 6) is 0. The lowest BCUT2D eigenvalue weighted by molar-refractivity contribution is 0.593. The van der Waals surface area contributed by atoms with E-state index in [1.54, 1.807) is 0 Å². The van der Waals surface area contributed by atoms with Crippen molar-refractivity contribution in [1.29, 1.82) is 0 Å². The van der Waals surface area contributed by atoms with E-state index in [2.05, 4.69) is 109 Å². The van der Waals surface area contributed by atoms with Crippen LogP contribution in [0, 0.1) is 0 Å². The van der Waals surface area contributed by atoms with Crippen molar-refractivity contribution in [3.05, 3.63) is 57.3 Å². The molecule has 0 bridgehead atoms. The van der Waals surface area contributed by atoms with E-state index in [0.29, 0.717) is 0 Å². The van der Waals surface area contributed by atoms with Gasteiger partial charge in [-0.05, 0) is 23.3 Å². The highest BCUT2D eigenvalue weighted by Crippen LogP contribution is 2.35. The van der Waals surface area contributed by atoms with Crippen LogP contribution in [0.3, 0.4) is 0 Å². The SMILES string of the molecule is CN(C)c1ccc(/C=C/c2cc(C(C)(C)C)[s+]c(C(C)(C)C)c2)cc1. The second-order valence-corrected chi connectivity index (χ2v) is 10.0. The molecule has 0 unspecified atom stereocenters. The van der Waals surface area contributed by atoms with E-state index < -0.39 is 0 Å². The minimum Gasteiger partial charge on any atom is -0.378 e.